The quantitative estimate of drug-likeness (QED) is 0.248. The summed E-state index contributed by atoms with van der Waals surface area (Å²) in [7, 11) is 0. The number of thiophene rings is 3. The van der Waals surface area contributed by atoms with E-state index >= 15 is 0 Å². The SMILES string of the molecule is c1csc(-c2ccc(-c3c4ccccc4c(-c4cccs4)c4ccccc34)s2)c1. The van der Waals surface area contributed by atoms with E-state index in [0.29, 0.717) is 0 Å². The Kier molecular flexibility index (Phi) is 4.12. The molecule has 6 aromatic rings. The molecule has 3 aromatic carbocycles. The first-order chi connectivity index (χ1) is 14.4. The van der Waals surface area contributed by atoms with Crippen LogP contribution in [0.15, 0.2) is 95.7 Å². The van der Waals surface area contributed by atoms with E-state index in [0.717, 1.165) is 0 Å². The summed E-state index contributed by atoms with van der Waals surface area (Å²) in [5.41, 5.74) is 2.70. The van der Waals surface area contributed by atoms with Crippen LogP contribution in [0.2, 0.25) is 0 Å². The molecule has 3 heteroatoms. The fourth-order valence-electron chi connectivity index (χ4n) is 4.10. The number of rotatable bonds is 3. The Morgan fingerprint density at radius 1 is 0.379 bits per heavy atom. The summed E-state index contributed by atoms with van der Waals surface area (Å²) in [6.45, 7) is 0. The zero-order valence-electron chi connectivity index (χ0n) is 15.5. The molecule has 0 saturated carbocycles. The van der Waals surface area contributed by atoms with Gasteiger partial charge >= 0.3 is 0 Å². The molecular weight excluding hydrogens is 408 g/mol. The topological polar surface area (TPSA) is 0 Å². The van der Waals surface area contributed by atoms with Gasteiger partial charge in [0.2, 0.25) is 0 Å². The number of fused-ring (bicyclic) bond motifs is 2. The average Bonchev–Trinajstić information content (AvgIpc) is 3.54. The van der Waals surface area contributed by atoms with Crippen molar-refractivity contribution in [1.29, 1.82) is 0 Å². The van der Waals surface area contributed by atoms with E-state index in [4.69, 9.17) is 0 Å². The van der Waals surface area contributed by atoms with Crippen LogP contribution in [0.3, 0.4) is 0 Å². The zero-order valence-corrected chi connectivity index (χ0v) is 17.9. The standard InChI is InChI=1S/C26H16S3/c1-3-9-19-17(7-1)25(23-12-6-16-28-23)18-8-2-4-10-20(18)26(19)24-14-13-22(29-24)21-11-5-15-27-21/h1-16H. The van der Waals surface area contributed by atoms with Crippen LogP contribution in [0.25, 0.3) is 52.2 Å². The molecule has 0 aliphatic heterocycles. The second-order valence-electron chi connectivity index (χ2n) is 6.96. The van der Waals surface area contributed by atoms with Crippen molar-refractivity contribution < 1.29 is 0 Å². The Bertz CT molecular complexity index is 1380. The van der Waals surface area contributed by atoms with Gasteiger partial charge in [0.15, 0.2) is 0 Å². The van der Waals surface area contributed by atoms with Crippen molar-refractivity contribution in [3.8, 4) is 30.6 Å². The summed E-state index contributed by atoms with van der Waals surface area (Å²) in [5, 5.41) is 9.63. The van der Waals surface area contributed by atoms with Crippen LogP contribution in [-0.2, 0) is 0 Å². The van der Waals surface area contributed by atoms with Crippen LogP contribution in [0.4, 0.5) is 0 Å². The van der Waals surface area contributed by atoms with Gasteiger partial charge in [-0.05, 0) is 56.6 Å². The van der Waals surface area contributed by atoms with Gasteiger partial charge in [0.25, 0.3) is 0 Å². The summed E-state index contributed by atoms with van der Waals surface area (Å²) < 4.78 is 0. The predicted molar refractivity (Wildman–Crippen MR) is 131 cm³/mol. The molecule has 3 heterocycles. The maximum Gasteiger partial charge on any atom is 0.0449 e. The van der Waals surface area contributed by atoms with Gasteiger partial charge < -0.3 is 0 Å². The Morgan fingerprint density at radius 2 is 0.862 bits per heavy atom. The molecule has 138 valence electrons. The van der Waals surface area contributed by atoms with E-state index in [1.54, 1.807) is 11.3 Å². The predicted octanol–water partition coefficient (Wildman–Crippen LogP) is 9.18. The lowest BCUT2D eigenvalue weighted by atomic mass is 9.90. The van der Waals surface area contributed by atoms with E-state index < -0.39 is 0 Å². The molecule has 0 atom stereocenters. The van der Waals surface area contributed by atoms with Gasteiger partial charge in [0.1, 0.15) is 0 Å². The summed E-state index contributed by atoms with van der Waals surface area (Å²) in [5.74, 6) is 0. The molecule has 0 saturated heterocycles. The lowest BCUT2D eigenvalue weighted by molar-refractivity contribution is 1.75. The molecule has 29 heavy (non-hydrogen) atoms. The van der Waals surface area contributed by atoms with Crippen LogP contribution in [0, 0.1) is 0 Å². The monoisotopic (exact) mass is 424 g/mol. The lowest BCUT2D eigenvalue weighted by Crippen LogP contribution is -1.87. The third kappa shape index (κ3) is 2.77. The smallest absolute Gasteiger partial charge is 0.0449 e. The zero-order chi connectivity index (χ0) is 19.2. The highest BCUT2D eigenvalue weighted by atomic mass is 32.1. The molecular formula is C26H16S3. The van der Waals surface area contributed by atoms with Gasteiger partial charge in [-0.2, -0.15) is 0 Å². The number of hydrogen-bond donors (Lipinski definition) is 0. The summed E-state index contributed by atoms with van der Waals surface area (Å²) >= 11 is 5.51. The van der Waals surface area contributed by atoms with Crippen molar-refractivity contribution in [2.45, 2.75) is 0 Å². The van der Waals surface area contributed by atoms with Crippen molar-refractivity contribution >= 4 is 55.6 Å². The van der Waals surface area contributed by atoms with E-state index in [9.17, 15) is 0 Å². The first-order valence-corrected chi connectivity index (χ1v) is 12.1. The van der Waals surface area contributed by atoms with E-state index in [2.05, 4.69) is 95.7 Å². The number of benzene rings is 3. The normalized spacial score (nSPS) is 11.4. The fourth-order valence-corrected chi connectivity index (χ4v) is 6.82. The highest BCUT2D eigenvalue weighted by molar-refractivity contribution is 7.23. The maximum atomic E-state index is 2.29. The molecule has 0 aliphatic rings. The minimum atomic E-state index is 1.33. The molecule has 0 aliphatic carbocycles. The molecule has 0 unspecified atom stereocenters. The Labute approximate surface area is 181 Å². The lowest BCUT2D eigenvalue weighted by Gasteiger charge is -2.15. The van der Waals surface area contributed by atoms with Gasteiger partial charge in [-0.3, -0.25) is 0 Å². The average molecular weight is 425 g/mol. The van der Waals surface area contributed by atoms with Crippen molar-refractivity contribution in [3.05, 3.63) is 95.7 Å². The van der Waals surface area contributed by atoms with Crippen molar-refractivity contribution in [2.75, 3.05) is 0 Å². The minimum absolute atomic E-state index is 1.33. The van der Waals surface area contributed by atoms with Crippen molar-refractivity contribution in [1.82, 2.24) is 0 Å². The maximum absolute atomic E-state index is 2.29. The van der Waals surface area contributed by atoms with E-state index in [1.165, 1.54) is 52.2 Å². The molecule has 0 bridgehead atoms. The van der Waals surface area contributed by atoms with Gasteiger partial charge in [-0.25, -0.2) is 0 Å². The molecule has 6 rings (SSSR count). The molecule has 0 radical (unpaired) electrons. The summed E-state index contributed by atoms with van der Waals surface area (Å²) in [6, 6.07) is 31.0. The van der Waals surface area contributed by atoms with Crippen LogP contribution >= 0.6 is 34.0 Å². The molecule has 0 fully saturated rings. The van der Waals surface area contributed by atoms with Crippen molar-refractivity contribution in [3.63, 3.8) is 0 Å². The highest BCUT2D eigenvalue weighted by Gasteiger charge is 2.18. The largest absolute Gasteiger partial charge is 0.144 e. The summed E-state index contributed by atoms with van der Waals surface area (Å²) in [4.78, 5) is 5.34. The van der Waals surface area contributed by atoms with Crippen LogP contribution in [0.5, 0.6) is 0 Å². The Hall–Kier alpha value is -2.72. The Morgan fingerprint density at radius 3 is 1.38 bits per heavy atom. The van der Waals surface area contributed by atoms with Crippen LogP contribution in [-0.4, -0.2) is 0 Å². The molecule has 0 amide bonds. The molecule has 0 N–H and O–H groups in total. The van der Waals surface area contributed by atoms with Crippen LogP contribution in [0.1, 0.15) is 0 Å². The molecule has 0 spiro atoms. The second-order valence-corrected chi connectivity index (χ2v) is 9.94. The number of hydrogen-bond acceptors (Lipinski definition) is 3. The first kappa shape index (κ1) is 17.2. The molecule has 0 nitrogen and oxygen atoms in total. The van der Waals surface area contributed by atoms with Gasteiger partial charge in [-0.1, -0.05) is 60.7 Å². The van der Waals surface area contributed by atoms with Crippen molar-refractivity contribution in [2.24, 2.45) is 0 Å². The minimum Gasteiger partial charge on any atom is -0.144 e. The third-order valence-corrected chi connectivity index (χ3v) is 8.37. The van der Waals surface area contributed by atoms with Gasteiger partial charge in [-0.15, -0.1) is 34.0 Å². The van der Waals surface area contributed by atoms with Crippen LogP contribution < -0.4 is 0 Å². The van der Waals surface area contributed by atoms with E-state index in [-0.39, 0.29) is 0 Å². The highest BCUT2D eigenvalue weighted by Crippen LogP contribution is 2.47. The van der Waals surface area contributed by atoms with Gasteiger partial charge in [0.05, 0.1) is 0 Å². The van der Waals surface area contributed by atoms with Gasteiger partial charge in [0, 0.05) is 30.6 Å². The first-order valence-electron chi connectivity index (χ1n) is 9.51. The Balaban J connectivity index is 1.72. The molecule has 3 aromatic heterocycles. The summed E-state index contributed by atoms with van der Waals surface area (Å²) in [6.07, 6.45) is 0. The fraction of sp³-hybridized carbons (Fsp3) is 0. The second kappa shape index (κ2) is 6.96. The van der Waals surface area contributed by atoms with E-state index in [1.807, 2.05) is 22.7 Å². The third-order valence-electron chi connectivity index (χ3n) is 5.32.